The first-order valence-electron chi connectivity index (χ1n) is 8.18. The lowest BCUT2D eigenvalue weighted by Gasteiger charge is -2.34. The van der Waals surface area contributed by atoms with Gasteiger partial charge < -0.3 is 5.32 Å². The number of para-hydroxylation sites is 1. The van der Waals surface area contributed by atoms with Gasteiger partial charge in [0.25, 0.3) is 0 Å². The van der Waals surface area contributed by atoms with Gasteiger partial charge in [-0.05, 0) is 65.1 Å². The van der Waals surface area contributed by atoms with E-state index in [1.807, 2.05) is 6.07 Å². The first-order chi connectivity index (χ1) is 11.3. The van der Waals surface area contributed by atoms with Gasteiger partial charge in [0, 0.05) is 10.2 Å². The molecule has 0 atom stereocenters. The van der Waals surface area contributed by atoms with E-state index in [2.05, 4.69) is 52.5 Å². The minimum absolute atomic E-state index is 0.303. The highest BCUT2D eigenvalue weighted by Gasteiger charge is 2.28. The number of nitrogens with zero attached hydrogens (tertiary/aromatic N) is 1. The van der Waals surface area contributed by atoms with Crippen LogP contribution in [-0.4, -0.2) is 17.5 Å². The number of hydrazone groups is 1. The van der Waals surface area contributed by atoms with Gasteiger partial charge in [-0.25, -0.2) is 5.43 Å². The Kier molecular flexibility index (Phi) is 6.15. The molecule has 1 aliphatic rings. The Morgan fingerprint density at radius 1 is 1.12 bits per heavy atom. The molecule has 0 aliphatic heterocycles. The number of rotatable bonds is 2. The quantitative estimate of drug-likeness (QED) is 0.586. The van der Waals surface area contributed by atoms with Gasteiger partial charge in [0.2, 0.25) is 0 Å². The fourth-order valence-electron chi connectivity index (χ4n) is 2.85. The fraction of sp³-hybridized carbons (Fsp3) is 0.500. The van der Waals surface area contributed by atoms with Crippen molar-refractivity contribution in [2.24, 2.45) is 16.4 Å². The highest BCUT2D eigenvalue weighted by Crippen LogP contribution is 2.36. The van der Waals surface area contributed by atoms with Crippen molar-refractivity contribution in [2.75, 3.05) is 5.32 Å². The highest BCUT2D eigenvalue weighted by atomic mass is 79.9. The molecule has 0 aromatic heterocycles. The summed E-state index contributed by atoms with van der Waals surface area (Å²) in [4.78, 5) is 23.8. The highest BCUT2D eigenvalue weighted by molar-refractivity contribution is 9.10. The molecule has 0 heterocycles. The zero-order chi connectivity index (χ0) is 17.7. The summed E-state index contributed by atoms with van der Waals surface area (Å²) in [5.74, 6) is -0.809. The molecule has 130 valence electrons. The van der Waals surface area contributed by atoms with Crippen LogP contribution >= 0.6 is 15.9 Å². The lowest BCUT2D eigenvalue weighted by molar-refractivity contribution is -0.136. The first kappa shape index (κ1) is 18.6. The summed E-state index contributed by atoms with van der Waals surface area (Å²) >= 11 is 3.32. The molecule has 6 heteroatoms. The second-order valence-electron chi connectivity index (χ2n) is 7.19. The summed E-state index contributed by atoms with van der Waals surface area (Å²) in [6, 6.07) is 7.13. The Bertz CT molecular complexity index is 640. The molecule has 5 nitrogen and oxygen atoms in total. The zero-order valence-electron chi connectivity index (χ0n) is 14.4. The molecular formula is C18H24BrN3O2. The van der Waals surface area contributed by atoms with E-state index in [1.165, 1.54) is 0 Å². The maximum Gasteiger partial charge on any atom is 0.329 e. The second-order valence-corrected chi connectivity index (χ2v) is 8.05. The number of hydrogen-bond donors (Lipinski definition) is 2. The molecule has 1 fully saturated rings. The van der Waals surface area contributed by atoms with Crippen molar-refractivity contribution in [3.05, 3.63) is 28.7 Å². The van der Waals surface area contributed by atoms with E-state index in [4.69, 9.17) is 0 Å². The molecule has 0 radical (unpaired) electrons. The number of carbonyl (C=O) groups excluding carboxylic acids is 2. The molecular weight excluding hydrogens is 370 g/mol. The van der Waals surface area contributed by atoms with Gasteiger partial charge in [-0.3, -0.25) is 9.59 Å². The van der Waals surface area contributed by atoms with Crippen LogP contribution in [0.5, 0.6) is 0 Å². The summed E-state index contributed by atoms with van der Waals surface area (Å²) in [5.41, 5.74) is 4.18. The van der Waals surface area contributed by atoms with Crippen LogP contribution in [0.15, 0.2) is 33.8 Å². The number of hydrogen-bond acceptors (Lipinski definition) is 3. The van der Waals surface area contributed by atoms with Gasteiger partial charge in [0.1, 0.15) is 0 Å². The zero-order valence-corrected chi connectivity index (χ0v) is 15.9. The number of carbonyl (C=O) groups is 2. The number of nitrogens with one attached hydrogen (secondary N) is 2. The molecule has 1 aliphatic carbocycles. The Morgan fingerprint density at radius 2 is 1.75 bits per heavy atom. The Labute approximate surface area is 151 Å². The van der Waals surface area contributed by atoms with Gasteiger partial charge in [0.15, 0.2) is 0 Å². The van der Waals surface area contributed by atoms with E-state index < -0.39 is 11.8 Å². The SMILES string of the molecule is CC(C)(C)C1CCC(=NNC(=O)C(=O)Nc2ccccc2Br)CC1. The molecule has 1 aromatic rings. The molecule has 0 saturated heterocycles. The van der Waals surface area contributed by atoms with Crippen LogP contribution < -0.4 is 10.7 Å². The van der Waals surface area contributed by atoms with Crippen LogP contribution in [0, 0.1) is 11.3 Å². The van der Waals surface area contributed by atoms with Crippen LogP contribution in [0.2, 0.25) is 0 Å². The maximum absolute atomic E-state index is 11.9. The minimum Gasteiger partial charge on any atom is -0.317 e. The van der Waals surface area contributed by atoms with Gasteiger partial charge in [-0.15, -0.1) is 0 Å². The van der Waals surface area contributed by atoms with Crippen molar-refractivity contribution in [1.82, 2.24) is 5.43 Å². The van der Waals surface area contributed by atoms with Crippen molar-refractivity contribution < 1.29 is 9.59 Å². The van der Waals surface area contributed by atoms with E-state index in [9.17, 15) is 9.59 Å². The topological polar surface area (TPSA) is 70.6 Å². The summed E-state index contributed by atoms with van der Waals surface area (Å²) in [5, 5.41) is 6.69. The van der Waals surface area contributed by atoms with Gasteiger partial charge in [-0.1, -0.05) is 32.9 Å². The third-order valence-electron chi connectivity index (χ3n) is 4.43. The normalized spacial score (nSPS) is 18.0. The van der Waals surface area contributed by atoms with Gasteiger partial charge in [-0.2, -0.15) is 5.10 Å². The number of halogens is 1. The van der Waals surface area contributed by atoms with Crippen LogP contribution in [0.4, 0.5) is 5.69 Å². The number of amides is 2. The standard InChI is InChI=1S/C18H24BrN3O2/c1-18(2,3)12-8-10-13(11-9-12)21-22-17(24)16(23)20-15-7-5-4-6-14(15)19/h4-7,12H,8-11H2,1-3H3,(H,20,23)(H,22,24). The maximum atomic E-state index is 11.9. The minimum atomic E-state index is -0.754. The van der Waals surface area contributed by atoms with E-state index in [0.29, 0.717) is 17.0 Å². The second kappa shape index (κ2) is 7.92. The molecule has 24 heavy (non-hydrogen) atoms. The predicted molar refractivity (Wildman–Crippen MR) is 99.8 cm³/mol. The molecule has 1 aromatic carbocycles. The smallest absolute Gasteiger partial charge is 0.317 e. The molecule has 0 spiro atoms. The van der Waals surface area contributed by atoms with Crippen LogP contribution in [0.25, 0.3) is 0 Å². The Morgan fingerprint density at radius 3 is 2.33 bits per heavy atom. The van der Waals surface area contributed by atoms with Gasteiger partial charge >= 0.3 is 11.8 Å². The van der Waals surface area contributed by atoms with Crippen molar-refractivity contribution in [1.29, 1.82) is 0 Å². The Balaban J connectivity index is 1.85. The van der Waals surface area contributed by atoms with Crippen LogP contribution in [0.1, 0.15) is 46.5 Å². The molecule has 1 saturated carbocycles. The molecule has 0 bridgehead atoms. The molecule has 2 N–H and O–H groups in total. The van der Waals surface area contributed by atoms with Crippen molar-refractivity contribution >= 4 is 39.1 Å². The lowest BCUT2D eigenvalue weighted by atomic mass is 9.72. The van der Waals surface area contributed by atoms with Crippen molar-refractivity contribution in [3.8, 4) is 0 Å². The van der Waals surface area contributed by atoms with E-state index in [1.54, 1.807) is 18.2 Å². The number of anilines is 1. The fourth-order valence-corrected chi connectivity index (χ4v) is 3.24. The molecule has 2 amide bonds. The summed E-state index contributed by atoms with van der Waals surface area (Å²) in [6.45, 7) is 6.77. The summed E-state index contributed by atoms with van der Waals surface area (Å²) in [6.07, 6.45) is 3.88. The summed E-state index contributed by atoms with van der Waals surface area (Å²) < 4.78 is 0.720. The Hall–Kier alpha value is -1.69. The van der Waals surface area contributed by atoms with E-state index in [0.717, 1.165) is 35.9 Å². The predicted octanol–water partition coefficient (Wildman–Crippen LogP) is 4.10. The van der Waals surface area contributed by atoms with Crippen LogP contribution in [0.3, 0.4) is 0 Å². The van der Waals surface area contributed by atoms with Crippen molar-refractivity contribution in [2.45, 2.75) is 46.5 Å². The van der Waals surface area contributed by atoms with Crippen molar-refractivity contribution in [3.63, 3.8) is 0 Å². The van der Waals surface area contributed by atoms with Crippen LogP contribution in [-0.2, 0) is 9.59 Å². The third-order valence-corrected chi connectivity index (χ3v) is 5.12. The molecule has 2 rings (SSSR count). The van der Waals surface area contributed by atoms with E-state index in [-0.39, 0.29) is 0 Å². The monoisotopic (exact) mass is 393 g/mol. The number of benzene rings is 1. The average molecular weight is 394 g/mol. The summed E-state index contributed by atoms with van der Waals surface area (Å²) in [7, 11) is 0. The van der Waals surface area contributed by atoms with E-state index >= 15 is 0 Å². The molecule has 0 unspecified atom stereocenters. The largest absolute Gasteiger partial charge is 0.329 e. The van der Waals surface area contributed by atoms with Gasteiger partial charge in [0.05, 0.1) is 5.69 Å². The first-order valence-corrected chi connectivity index (χ1v) is 8.98. The third kappa shape index (κ3) is 5.16. The average Bonchev–Trinajstić information content (AvgIpc) is 2.54. The lowest BCUT2D eigenvalue weighted by Crippen LogP contribution is -2.34.